The largest absolute Gasteiger partial charge is 0.415 e. The Morgan fingerprint density at radius 3 is 2.60 bits per heavy atom. The van der Waals surface area contributed by atoms with Crippen molar-refractivity contribution in [1.29, 1.82) is 0 Å². The third-order valence-corrected chi connectivity index (χ3v) is 2.52. The van der Waals surface area contributed by atoms with Gasteiger partial charge in [-0.3, -0.25) is 0 Å². The van der Waals surface area contributed by atoms with Crippen molar-refractivity contribution in [2.24, 2.45) is 0 Å². The molecule has 0 aliphatic heterocycles. The number of benzene rings is 1. The maximum absolute atomic E-state index is 11.6. The van der Waals surface area contributed by atoms with E-state index in [4.69, 9.17) is 4.74 Å². The van der Waals surface area contributed by atoms with Gasteiger partial charge in [0.1, 0.15) is 5.75 Å². The van der Waals surface area contributed by atoms with Gasteiger partial charge in [-0.15, -0.1) is 0 Å². The SMILES string of the molecule is CCN(CC)C(=O)Oc1cccc(Br)c1. The molecule has 0 unspecified atom stereocenters. The normalized spacial score (nSPS) is 9.80. The van der Waals surface area contributed by atoms with Crippen molar-refractivity contribution in [3.05, 3.63) is 28.7 Å². The van der Waals surface area contributed by atoms with Gasteiger partial charge in [-0.2, -0.15) is 0 Å². The topological polar surface area (TPSA) is 29.5 Å². The van der Waals surface area contributed by atoms with E-state index in [1.54, 1.807) is 17.0 Å². The fourth-order valence-corrected chi connectivity index (χ4v) is 1.56. The second kappa shape index (κ2) is 5.75. The van der Waals surface area contributed by atoms with Crippen LogP contribution >= 0.6 is 15.9 Å². The Bertz CT molecular complexity index is 337. The molecule has 1 rings (SSSR count). The fourth-order valence-electron chi connectivity index (χ4n) is 1.18. The first kappa shape index (κ1) is 12.0. The van der Waals surface area contributed by atoms with Crippen LogP contribution in [0.3, 0.4) is 0 Å². The number of carbonyl (C=O) groups excluding carboxylic acids is 1. The summed E-state index contributed by atoms with van der Waals surface area (Å²) in [4.78, 5) is 13.2. The molecule has 0 fully saturated rings. The van der Waals surface area contributed by atoms with Gasteiger partial charge >= 0.3 is 6.09 Å². The van der Waals surface area contributed by atoms with Crippen LogP contribution in [-0.4, -0.2) is 24.1 Å². The summed E-state index contributed by atoms with van der Waals surface area (Å²) >= 11 is 3.32. The van der Waals surface area contributed by atoms with Crippen molar-refractivity contribution in [1.82, 2.24) is 4.90 Å². The maximum atomic E-state index is 11.6. The molecule has 3 nitrogen and oxygen atoms in total. The monoisotopic (exact) mass is 271 g/mol. The summed E-state index contributed by atoms with van der Waals surface area (Å²) < 4.78 is 6.09. The smallest absolute Gasteiger partial charge is 0.410 e. The van der Waals surface area contributed by atoms with E-state index in [1.807, 2.05) is 26.0 Å². The molecule has 4 heteroatoms. The van der Waals surface area contributed by atoms with Gasteiger partial charge in [-0.1, -0.05) is 22.0 Å². The Hall–Kier alpha value is -1.03. The highest BCUT2D eigenvalue weighted by molar-refractivity contribution is 9.10. The lowest BCUT2D eigenvalue weighted by Gasteiger charge is -2.17. The van der Waals surface area contributed by atoms with Crippen molar-refractivity contribution < 1.29 is 9.53 Å². The zero-order chi connectivity index (χ0) is 11.3. The summed E-state index contributed by atoms with van der Waals surface area (Å²) in [7, 11) is 0. The Morgan fingerprint density at radius 2 is 2.07 bits per heavy atom. The predicted molar refractivity (Wildman–Crippen MR) is 63.1 cm³/mol. The number of hydrogen-bond acceptors (Lipinski definition) is 2. The Kier molecular flexibility index (Phi) is 4.62. The van der Waals surface area contributed by atoms with Crippen molar-refractivity contribution in [2.45, 2.75) is 13.8 Å². The van der Waals surface area contributed by atoms with Gasteiger partial charge in [0.25, 0.3) is 0 Å². The number of carbonyl (C=O) groups is 1. The van der Waals surface area contributed by atoms with E-state index in [1.165, 1.54) is 0 Å². The van der Waals surface area contributed by atoms with Gasteiger partial charge in [0.15, 0.2) is 0 Å². The highest BCUT2D eigenvalue weighted by atomic mass is 79.9. The standard InChI is InChI=1S/C11H14BrNO2/c1-3-13(4-2)11(14)15-10-7-5-6-9(12)8-10/h5-8H,3-4H2,1-2H3. The molecule has 1 amide bonds. The highest BCUT2D eigenvalue weighted by Gasteiger charge is 2.11. The van der Waals surface area contributed by atoms with Gasteiger partial charge in [0.2, 0.25) is 0 Å². The maximum Gasteiger partial charge on any atom is 0.415 e. The molecule has 0 aliphatic rings. The summed E-state index contributed by atoms with van der Waals surface area (Å²) in [6.07, 6.45) is -0.307. The van der Waals surface area contributed by atoms with Crippen LogP contribution in [0.15, 0.2) is 28.7 Å². The Morgan fingerprint density at radius 1 is 1.40 bits per heavy atom. The van der Waals surface area contributed by atoms with Crippen molar-refractivity contribution in [3.63, 3.8) is 0 Å². The Labute approximate surface area is 98.2 Å². The molecule has 0 atom stereocenters. The van der Waals surface area contributed by atoms with E-state index in [-0.39, 0.29) is 6.09 Å². The first-order valence-electron chi connectivity index (χ1n) is 4.89. The van der Waals surface area contributed by atoms with E-state index in [0.29, 0.717) is 18.8 Å². The van der Waals surface area contributed by atoms with Gasteiger partial charge in [-0.25, -0.2) is 4.79 Å². The molecule has 1 aromatic carbocycles. The van der Waals surface area contributed by atoms with E-state index in [2.05, 4.69) is 15.9 Å². The zero-order valence-corrected chi connectivity index (χ0v) is 10.5. The fraction of sp³-hybridized carbons (Fsp3) is 0.364. The minimum atomic E-state index is -0.307. The molecule has 0 bridgehead atoms. The van der Waals surface area contributed by atoms with Crippen molar-refractivity contribution in [2.75, 3.05) is 13.1 Å². The number of rotatable bonds is 3. The molecule has 0 spiro atoms. The second-order valence-electron chi connectivity index (χ2n) is 3.00. The number of hydrogen-bond donors (Lipinski definition) is 0. The van der Waals surface area contributed by atoms with Gasteiger partial charge in [0.05, 0.1) is 0 Å². The van der Waals surface area contributed by atoms with E-state index < -0.39 is 0 Å². The number of halogens is 1. The zero-order valence-electron chi connectivity index (χ0n) is 8.87. The number of ether oxygens (including phenoxy) is 1. The summed E-state index contributed by atoms with van der Waals surface area (Å²) in [6.45, 7) is 5.16. The lowest BCUT2D eigenvalue weighted by molar-refractivity contribution is 0.157. The number of nitrogens with zero attached hydrogens (tertiary/aromatic N) is 1. The van der Waals surface area contributed by atoms with Crippen LogP contribution in [0.4, 0.5) is 4.79 Å². The van der Waals surface area contributed by atoms with E-state index in [0.717, 1.165) is 4.47 Å². The number of amides is 1. The van der Waals surface area contributed by atoms with Crippen LogP contribution in [0.5, 0.6) is 5.75 Å². The van der Waals surface area contributed by atoms with Crippen LogP contribution in [0, 0.1) is 0 Å². The highest BCUT2D eigenvalue weighted by Crippen LogP contribution is 2.18. The molecular formula is C11H14BrNO2. The van der Waals surface area contributed by atoms with E-state index in [9.17, 15) is 4.79 Å². The Balaban J connectivity index is 2.65. The summed E-state index contributed by atoms with van der Waals surface area (Å²) in [5.41, 5.74) is 0. The molecule has 0 N–H and O–H groups in total. The third kappa shape index (κ3) is 3.55. The minimum Gasteiger partial charge on any atom is -0.410 e. The first-order chi connectivity index (χ1) is 7.17. The average molecular weight is 272 g/mol. The van der Waals surface area contributed by atoms with Gasteiger partial charge in [0, 0.05) is 17.6 Å². The molecule has 0 saturated carbocycles. The minimum absolute atomic E-state index is 0.307. The molecule has 0 radical (unpaired) electrons. The molecular weight excluding hydrogens is 258 g/mol. The molecule has 0 saturated heterocycles. The van der Waals surface area contributed by atoms with Crippen LogP contribution < -0.4 is 4.74 Å². The first-order valence-corrected chi connectivity index (χ1v) is 5.69. The van der Waals surface area contributed by atoms with Crippen LogP contribution in [0.2, 0.25) is 0 Å². The van der Waals surface area contributed by atoms with Crippen molar-refractivity contribution in [3.8, 4) is 5.75 Å². The quantitative estimate of drug-likeness (QED) is 0.845. The van der Waals surface area contributed by atoms with Crippen LogP contribution in [0.1, 0.15) is 13.8 Å². The molecule has 15 heavy (non-hydrogen) atoms. The lowest BCUT2D eigenvalue weighted by Crippen LogP contribution is -2.33. The summed E-state index contributed by atoms with van der Waals surface area (Å²) in [6, 6.07) is 7.23. The average Bonchev–Trinajstić information content (AvgIpc) is 2.19. The van der Waals surface area contributed by atoms with Gasteiger partial charge < -0.3 is 9.64 Å². The second-order valence-corrected chi connectivity index (χ2v) is 3.91. The predicted octanol–water partition coefficient (Wildman–Crippen LogP) is 3.29. The molecule has 0 aromatic heterocycles. The molecule has 1 aromatic rings. The van der Waals surface area contributed by atoms with Crippen molar-refractivity contribution >= 4 is 22.0 Å². The summed E-state index contributed by atoms with van der Waals surface area (Å²) in [5, 5.41) is 0. The lowest BCUT2D eigenvalue weighted by atomic mass is 10.3. The summed E-state index contributed by atoms with van der Waals surface area (Å²) in [5.74, 6) is 0.557. The molecule has 82 valence electrons. The molecule has 0 aliphatic carbocycles. The van der Waals surface area contributed by atoms with Crippen LogP contribution in [0.25, 0.3) is 0 Å². The van der Waals surface area contributed by atoms with Crippen LogP contribution in [-0.2, 0) is 0 Å². The van der Waals surface area contributed by atoms with E-state index >= 15 is 0 Å². The third-order valence-electron chi connectivity index (χ3n) is 2.02. The van der Waals surface area contributed by atoms with Gasteiger partial charge in [-0.05, 0) is 32.0 Å². The molecule has 0 heterocycles.